The molecule has 0 fully saturated rings. The molecule has 1 aliphatic heterocycles. The van der Waals surface area contributed by atoms with Gasteiger partial charge in [-0.3, -0.25) is 9.78 Å². The lowest BCUT2D eigenvalue weighted by Gasteiger charge is -2.14. The summed E-state index contributed by atoms with van der Waals surface area (Å²) < 4.78 is 27.8. The molecule has 0 aliphatic carbocycles. The highest BCUT2D eigenvalue weighted by atomic mass is 16.7. The Balaban J connectivity index is 1.30. The number of nitrogens with zero attached hydrogens (tertiary/aromatic N) is 1. The predicted molar refractivity (Wildman–Crippen MR) is 117 cm³/mol. The summed E-state index contributed by atoms with van der Waals surface area (Å²) in [5, 5.41) is 2.84. The zero-order valence-corrected chi connectivity index (χ0v) is 17.7. The van der Waals surface area contributed by atoms with Gasteiger partial charge in [0.2, 0.25) is 6.79 Å². The molecule has 1 aromatic heterocycles. The third kappa shape index (κ3) is 5.40. The molecule has 1 amide bonds. The van der Waals surface area contributed by atoms with Gasteiger partial charge in [0.25, 0.3) is 5.91 Å². The van der Waals surface area contributed by atoms with Crippen molar-refractivity contribution in [2.75, 3.05) is 26.6 Å². The van der Waals surface area contributed by atoms with E-state index in [-0.39, 0.29) is 12.7 Å². The van der Waals surface area contributed by atoms with Gasteiger partial charge < -0.3 is 29.0 Å². The summed E-state index contributed by atoms with van der Waals surface area (Å²) in [4.78, 5) is 16.6. The molecule has 0 atom stereocenters. The maximum Gasteiger partial charge on any atom is 0.251 e. The van der Waals surface area contributed by atoms with Crippen molar-refractivity contribution in [1.82, 2.24) is 10.3 Å². The van der Waals surface area contributed by atoms with Crippen LogP contribution in [-0.4, -0.2) is 37.4 Å². The minimum atomic E-state index is -0.223. The molecular weight excluding hydrogens is 412 g/mol. The number of benzene rings is 2. The van der Waals surface area contributed by atoms with E-state index in [1.54, 1.807) is 48.8 Å². The van der Waals surface area contributed by atoms with Gasteiger partial charge in [0, 0.05) is 29.6 Å². The van der Waals surface area contributed by atoms with Crippen LogP contribution in [0.15, 0.2) is 60.9 Å². The predicted octanol–water partition coefficient (Wildman–Crippen LogP) is 3.60. The number of amides is 1. The smallest absolute Gasteiger partial charge is 0.251 e. The molecule has 2 heterocycles. The molecule has 3 aromatic rings. The van der Waals surface area contributed by atoms with Crippen LogP contribution in [-0.2, 0) is 6.61 Å². The third-order valence-electron chi connectivity index (χ3n) is 4.62. The molecule has 0 radical (unpaired) electrons. The van der Waals surface area contributed by atoms with E-state index in [1.165, 1.54) is 0 Å². The van der Waals surface area contributed by atoms with Gasteiger partial charge in [0.1, 0.15) is 19.0 Å². The van der Waals surface area contributed by atoms with Gasteiger partial charge in [0.05, 0.1) is 13.2 Å². The van der Waals surface area contributed by atoms with Crippen LogP contribution in [0.5, 0.6) is 28.7 Å². The van der Waals surface area contributed by atoms with Crippen molar-refractivity contribution in [3.8, 4) is 28.7 Å². The Morgan fingerprint density at radius 2 is 1.94 bits per heavy atom. The first-order valence-corrected chi connectivity index (χ1v) is 10.3. The Kier molecular flexibility index (Phi) is 6.91. The van der Waals surface area contributed by atoms with Crippen LogP contribution in [0.25, 0.3) is 0 Å². The quantitative estimate of drug-likeness (QED) is 0.486. The highest BCUT2D eigenvalue weighted by Crippen LogP contribution is 2.35. The lowest BCUT2D eigenvalue weighted by Crippen LogP contribution is -2.28. The molecule has 0 unspecified atom stereocenters. The van der Waals surface area contributed by atoms with Crippen molar-refractivity contribution < 1.29 is 28.5 Å². The molecule has 8 heteroatoms. The summed E-state index contributed by atoms with van der Waals surface area (Å²) in [5.74, 6) is 2.86. The van der Waals surface area contributed by atoms with Gasteiger partial charge in [0.15, 0.2) is 23.0 Å². The SMILES string of the molecule is CCOc1cc(C(=O)NCCOc2ccc3c(c2)OCO3)ccc1OCc1cccnc1. The minimum absolute atomic E-state index is 0.214. The number of carbonyl (C=O) groups is 1. The molecule has 8 nitrogen and oxygen atoms in total. The fourth-order valence-corrected chi connectivity index (χ4v) is 3.08. The number of carbonyl (C=O) groups excluding carboxylic acids is 1. The molecule has 0 saturated carbocycles. The van der Waals surface area contributed by atoms with Crippen molar-refractivity contribution in [2.45, 2.75) is 13.5 Å². The monoisotopic (exact) mass is 436 g/mol. The van der Waals surface area contributed by atoms with Crippen LogP contribution in [0.2, 0.25) is 0 Å². The van der Waals surface area contributed by atoms with Gasteiger partial charge in [-0.05, 0) is 43.3 Å². The molecule has 166 valence electrons. The Morgan fingerprint density at radius 1 is 1.03 bits per heavy atom. The molecule has 1 N–H and O–H groups in total. The molecule has 4 rings (SSSR count). The second-order valence-electron chi connectivity index (χ2n) is 6.86. The number of nitrogens with one attached hydrogen (secondary N) is 1. The number of rotatable bonds is 10. The number of hydrogen-bond acceptors (Lipinski definition) is 7. The standard InChI is InChI=1S/C24H24N2O6/c1-2-28-22-12-18(5-7-20(22)30-15-17-4-3-9-25-14-17)24(27)26-10-11-29-19-6-8-21-23(13-19)32-16-31-21/h3-9,12-14H,2,10-11,15-16H2,1H3,(H,26,27). The van der Waals surface area contributed by atoms with Gasteiger partial charge in [-0.2, -0.15) is 0 Å². The molecule has 1 aliphatic rings. The molecule has 2 aromatic carbocycles. The second kappa shape index (κ2) is 10.4. The highest BCUT2D eigenvalue weighted by Gasteiger charge is 2.14. The summed E-state index contributed by atoms with van der Waals surface area (Å²) in [6.45, 7) is 3.57. The van der Waals surface area contributed by atoms with E-state index in [0.717, 1.165) is 5.56 Å². The first kappa shape index (κ1) is 21.3. The number of ether oxygens (including phenoxy) is 5. The number of aromatic nitrogens is 1. The zero-order chi connectivity index (χ0) is 22.2. The van der Waals surface area contributed by atoms with Gasteiger partial charge in [-0.25, -0.2) is 0 Å². The van der Waals surface area contributed by atoms with Crippen molar-refractivity contribution in [3.63, 3.8) is 0 Å². The van der Waals surface area contributed by atoms with Crippen LogP contribution in [0, 0.1) is 0 Å². The van der Waals surface area contributed by atoms with Crippen LogP contribution in [0.1, 0.15) is 22.8 Å². The van der Waals surface area contributed by atoms with Crippen molar-refractivity contribution in [2.24, 2.45) is 0 Å². The molecule has 0 bridgehead atoms. The van der Waals surface area contributed by atoms with Gasteiger partial charge >= 0.3 is 0 Å². The first-order valence-electron chi connectivity index (χ1n) is 10.3. The van der Waals surface area contributed by atoms with Crippen molar-refractivity contribution in [1.29, 1.82) is 0 Å². The fraction of sp³-hybridized carbons (Fsp3) is 0.250. The summed E-state index contributed by atoms with van der Waals surface area (Å²) in [6, 6.07) is 14.3. The summed E-state index contributed by atoms with van der Waals surface area (Å²) >= 11 is 0. The minimum Gasteiger partial charge on any atom is -0.492 e. The first-order chi connectivity index (χ1) is 15.7. The lowest BCUT2D eigenvalue weighted by molar-refractivity contribution is 0.0946. The van der Waals surface area contributed by atoms with E-state index in [1.807, 2.05) is 19.1 Å². The maximum atomic E-state index is 12.5. The molecule has 0 saturated heterocycles. The largest absolute Gasteiger partial charge is 0.492 e. The number of fused-ring (bicyclic) bond motifs is 1. The highest BCUT2D eigenvalue weighted by molar-refractivity contribution is 5.94. The van der Waals surface area contributed by atoms with E-state index in [0.29, 0.717) is 60.7 Å². The van der Waals surface area contributed by atoms with Crippen LogP contribution < -0.4 is 29.0 Å². The molecule has 0 spiro atoms. The Morgan fingerprint density at radius 3 is 2.78 bits per heavy atom. The van der Waals surface area contributed by atoms with Crippen molar-refractivity contribution in [3.05, 3.63) is 72.1 Å². The van der Waals surface area contributed by atoms with E-state index >= 15 is 0 Å². The average molecular weight is 436 g/mol. The van der Waals surface area contributed by atoms with E-state index in [4.69, 9.17) is 23.7 Å². The summed E-state index contributed by atoms with van der Waals surface area (Å²) in [5.41, 5.74) is 1.42. The van der Waals surface area contributed by atoms with Crippen molar-refractivity contribution >= 4 is 5.91 Å². The Labute approximate surface area is 186 Å². The molecular formula is C24H24N2O6. The fourth-order valence-electron chi connectivity index (χ4n) is 3.08. The van der Waals surface area contributed by atoms with Crippen LogP contribution >= 0.6 is 0 Å². The average Bonchev–Trinajstić information content (AvgIpc) is 3.30. The molecule has 32 heavy (non-hydrogen) atoms. The van der Waals surface area contributed by atoms with Gasteiger partial charge in [-0.1, -0.05) is 6.07 Å². The normalized spacial score (nSPS) is 11.7. The van der Waals surface area contributed by atoms with E-state index < -0.39 is 0 Å². The maximum absolute atomic E-state index is 12.5. The van der Waals surface area contributed by atoms with Crippen LogP contribution in [0.3, 0.4) is 0 Å². The zero-order valence-electron chi connectivity index (χ0n) is 17.7. The van der Waals surface area contributed by atoms with Crippen LogP contribution in [0.4, 0.5) is 0 Å². The number of pyridine rings is 1. The van der Waals surface area contributed by atoms with Gasteiger partial charge in [-0.15, -0.1) is 0 Å². The second-order valence-corrected chi connectivity index (χ2v) is 6.86. The Hall–Kier alpha value is -3.94. The van der Waals surface area contributed by atoms with E-state index in [9.17, 15) is 4.79 Å². The van der Waals surface area contributed by atoms with E-state index in [2.05, 4.69) is 10.3 Å². The number of hydrogen-bond donors (Lipinski definition) is 1. The lowest BCUT2D eigenvalue weighted by atomic mass is 10.2. The third-order valence-corrected chi connectivity index (χ3v) is 4.62. The Bertz CT molecular complexity index is 1060. The summed E-state index contributed by atoms with van der Waals surface area (Å²) in [6.07, 6.45) is 3.45. The summed E-state index contributed by atoms with van der Waals surface area (Å²) in [7, 11) is 0. The topological polar surface area (TPSA) is 88.1 Å².